The number of nitrogens with zero attached hydrogens (tertiary/aromatic N) is 1. The van der Waals surface area contributed by atoms with Crippen molar-refractivity contribution in [1.29, 1.82) is 0 Å². The SMILES string of the molecule is C[C@]1(c2ccc3c(c2)OCO3)NC(=O)N(Cc2cc(Cl)c3c(c2)OCCCO3)C1=O. The van der Waals surface area contributed by atoms with Crippen molar-refractivity contribution in [3.05, 3.63) is 46.5 Å². The van der Waals surface area contributed by atoms with Crippen LogP contribution in [0.2, 0.25) is 5.02 Å². The molecule has 1 saturated heterocycles. The number of urea groups is 1. The molecule has 0 radical (unpaired) electrons. The van der Waals surface area contributed by atoms with E-state index >= 15 is 0 Å². The topological polar surface area (TPSA) is 86.3 Å². The first-order valence-electron chi connectivity index (χ1n) is 9.58. The number of carbonyl (C=O) groups is 2. The van der Waals surface area contributed by atoms with E-state index in [0.717, 1.165) is 6.42 Å². The van der Waals surface area contributed by atoms with E-state index < -0.39 is 11.6 Å². The molecule has 3 aliphatic heterocycles. The first kappa shape index (κ1) is 18.9. The Labute approximate surface area is 177 Å². The van der Waals surface area contributed by atoms with Gasteiger partial charge in [-0.3, -0.25) is 9.69 Å². The first-order valence-corrected chi connectivity index (χ1v) is 9.96. The van der Waals surface area contributed by atoms with Gasteiger partial charge in [-0.15, -0.1) is 0 Å². The van der Waals surface area contributed by atoms with E-state index in [1.165, 1.54) is 4.90 Å². The van der Waals surface area contributed by atoms with Crippen molar-refractivity contribution >= 4 is 23.5 Å². The first-order chi connectivity index (χ1) is 14.5. The summed E-state index contributed by atoms with van der Waals surface area (Å²) in [5.74, 6) is 1.79. The molecule has 8 nitrogen and oxygen atoms in total. The third-order valence-corrected chi connectivity index (χ3v) is 5.71. The van der Waals surface area contributed by atoms with Crippen molar-refractivity contribution in [2.75, 3.05) is 20.0 Å². The standard InChI is InChI=1S/C21H19ClN2O6/c1-21(13-3-4-15-16(9-13)30-11-29-15)19(25)24(20(26)23-21)10-12-7-14(22)18-17(8-12)27-5-2-6-28-18/h3-4,7-9H,2,5-6,10-11H2,1H3,(H,23,26)/t21-/m1/s1. The smallest absolute Gasteiger partial charge is 0.325 e. The van der Waals surface area contributed by atoms with Crippen LogP contribution in [0.1, 0.15) is 24.5 Å². The Balaban J connectivity index is 1.42. The lowest BCUT2D eigenvalue weighted by atomic mass is 9.91. The van der Waals surface area contributed by atoms with Crippen LogP contribution in [0.4, 0.5) is 4.79 Å². The molecule has 0 aliphatic carbocycles. The Bertz CT molecular complexity index is 1060. The fourth-order valence-electron chi connectivity index (χ4n) is 3.80. The summed E-state index contributed by atoms with van der Waals surface area (Å²) >= 11 is 6.35. The molecule has 0 saturated carbocycles. The van der Waals surface area contributed by atoms with Crippen LogP contribution in [0.5, 0.6) is 23.0 Å². The predicted octanol–water partition coefficient (Wildman–Crippen LogP) is 3.20. The summed E-state index contributed by atoms with van der Waals surface area (Å²) in [6, 6.07) is 8.15. The lowest BCUT2D eigenvalue weighted by Gasteiger charge is -2.22. The third-order valence-electron chi connectivity index (χ3n) is 5.43. The zero-order valence-corrected chi connectivity index (χ0v) is 17.0. The Morgan fingerprint density at radius 3 is 2.70 bits per heavy atom. The Kier molecular flexibility index (Phi) is 4.39. The predicted molar refractivity (Wildman–Crippen MR) is 106 cm³/mol. The molecule has 9 heteroatoms. The summed E-state index contributed by atoms with van der Waals surface area (Å²) in [6.07, 6.45) is 0.751. The number of imide groups is 1. The number of halogens is 1. The summed E-state index contributed by atoms with van der Waals surface area (Å²) in [7, 11) is 0. The molecule has 5 rings (SSSR count). The summed E-state index contributed by atoms with van der Waals surface area (Å²) in [5, 5.41) is 3.18. The van der Waals surface area contributed by atoms with Crippen LogP contribution in [0.25, 0.3) is 0 Å². The summed E-state index contributed by atoms with van der Waals surface area (Å²) in [6.45, 7) is 2.89. The van der Waals surface area contributed by atoms with Gasteiger partial charge in [0.15, 0.2) is 23.0 Å². The molecule has 156 valence electrons. The van der Waals surface area contributed by atoms with E-state index in [0.29, 0.717) is 52.4 Å². The fraction of sp³-hybridized carbons (Fsp3) is 0.333. The molecule has 3 heterocycles. The molecule has 3 amide bonds. The number of amides is 3. The van der Waals surface area contributed by atoms with Crippen molar-refractivity contribution in [2.24, 2.45) is 0 Å². The molecule has 0 aromatic heterocycles. The maximum atomic E-state index is 13.3. The number of carbonyl (C=O) groups excluding carboxylic acids is 2. The zero-order chi connectivity index (χ0) is 20.9. The van der Waals surface area contributed by atoms with Crippen LogP contribution < -0.4 is 24.3 Å². The van der Waals surface area contributed by atoms with Crippen molar-refractivity contribution < 1.29 is 28.5 Å². The van der Waals surface area contributed by atoms with Gasteiger partial charge < -0.3 is 24.3 Å². The van der Waals surface area contributed by atoms with E-state index in [-0.39, 0.29) is 19.2 Å². The molecule has 1 N–H and O–H groups in total. The highest BCUT2D eigenvalue weighted by Crippen LogP contribution is 2.40. The number of ether oxygens (including phenoxy) is 4. The summed E-state index contributed by atoms with van der Waals surface area (Å²) in [4.78, 5) is 27.1. The second-order valence-corrected chi connectivity index (χ2v) is 7.88. The molecule has 30 heavy (non-hydrogen) atoms. The summed E-state index contributed by atoms with van der Waals surface area (Å²) in [5.41, 5.74) is 0.0691. The van der Waals surface area contributed by atoms with Crippen LogP contribution in [-0.4, -0.2) is 36.8 Å². The van der Waals surface area contributed by atoms with E-state index in [1.807, 2.05) is 0 Å². The van der Waals surface area contributed by atoms with Crippen LogP contribution in [0.3, 0.4) is 0 Å². The van der Waals surface area contributed by atoms with Crippen LogP contribution >= 0.6 is 11.6 Å². The molecular formula is C21H19ClN2O6. The fourth-order valence-corrected chi connectivity index (χ4v) is 4.09. The monoisotopic (exact) mass is 430 g/mol. The van der Waals surface area contributed by atoms with Crippen molar-refractivity contribution in [3.8, 4) is 23.0 Å². The molecule has 3 aliphatic rings. The number of nitrogens with one attached hydrogen (secondary N) is 1. The number of rotatable bonds is 3. The Morgan fingerprint density at radius 2 is 1.83 bits per heavy atom. The quantitative estimate of drug-likeness (QED) is 0.752. The summed E-state index contributed by atoms with van der Waals surface area (Å²) < 4.78 is 22.1. The highest BCUT2D eigenvalue weighted by Gasteiger charge is 2.49. The van der Waals surface area contributed by atoms with E-state index in [2.05, 4.69) is 5.32 Å². The molecule has 1 fully saturated rings. The highest BCUT2D eigenvalue weighted by atomic mass is 35.5. The van der Waals surface area contributed by atoms with Gasteiger partial charge in [0, 0.05) is 6.42 Å². The molecule has 1 atom stereocenters. The normalized spacial score (nSPS) is 22.1. The second kappa shape index (κ2) is 6.98. The molecule has 0 spiro atoms. The number of hydrogen-bond donors (Lipinski definition) is 1. The van der Waals surface area contributed by atoms with Gasteiger partial charge in [0.25, 0.3) is 5.91 Å². The molecule has 0 unspecified atom stereocenters. The van der Waals surface area contributed by atoms with Gasteiger partial charge in [0.05, 0.1) is 24.8 Å². The zero-order valence-electron chi connectivity index (χ0n) is 16.2. The number of fused-ring (bicyclic) bond motifs is 2. The van der Waals surface area contributed by atoms with Crippen LogP contribution in [0, 0.1) is 0 Å². The lowest BCUT2D eigenvalue weighted by Crippen LogP contribution is -2.40. The van der Waals surface area contributed by atoms with Gasteiger partial charge in [-0.25, -0.2) is 4.79 Å². The molecule has 2 aromatic rings. The van der Waals surface area contributed by atoms with Gasteiger partial charge in [0.2, 0.25) is 6.79 Å². The molecular weight excluding hydrogens is 412 g/mol. The minimum atomic E-state index is -1.22. The minimum absolute atomic E-state index is 0.0567. The largest absolute Gasteiger partial charge is 0.489 e. The van der Waals surface area contributed by atoms with Crippen LogP contribution in [-0.2, 0) is 16.9 Å². The third kappa shape index (κ3) is 2.99. The van der Waals surface area contributed by atoms with Gasteiger partial charge in [-0.1, -0.05) is 17.7 Å². The minimum Gasteiger partial charge on any atom is -0.489 e. The lowest BCUT2D eigenvalue weighted by molar-refractivity contribution is -0.131. The Morgan fingerprint density at radius 1 is 1.03 bits per heavy atom. The van der Waals surface area contributed by atoms with E-state index in [1.54, 1.807) is 37.3 Å². The number of hydrogen-bond acceptors (Lipinski definition) is 6. The van der Waals surface area contributed by atoms with Gasteiger partial charge in [-0.05, 0) is 42.3 Å². The van der Waals surface area contributed by atoms with Gasteiger partial charge in [0.1, 0.15) is 5.54 Å². The van der Waals surface area contributed by atoms with Gasteiger partial charge >= 0.3 is 6.03 Å². The van der Waals surface area contributed by atoms with Crippen LogP contribution in [0.15, 0.2) is 30.3 Å². The van der Waals surface area contributed by atoms with Crippen molar-refractivity contribution in [2.45, 2.75) is 25.4 Å². The molecule has 0 bridgehead atoms. The van der Waals surface area contributed by atoms with E-state index in [4.69, 9.17) is 30.5 Å². The van der Waals surface area contributed by atoms with Crippen molar-refractivity contribution in [3.63, 3.8) is 0 Å². The number of benzene rings is 2. The average molecular weight is 431 g/mol. The maximum absolute atomic E-state index is 13.3. The second-order valence-electron chi connectivity index (χ2n) is 7.47. The Hall–Kier alpha value is -3.13. The maximum Gasteiger partial charge on any atom is 0.325 e. The average Bonchev–Trinajstić information content (AvgIpc) is 3.17. The van der Waals surface area contributed by atoms with E-state index in [9.17, 15) is 9.59 Å². The van der Waals surface area contributed by atoms with Gasteiger partial charge in [-0.2, -0.15) is 0 Å². The van der Waals surface area contributed by atoms with Crippen molar-refractivity contribution in [1.82, 2.24) is 10.2 Å². The molecule has 2 aromatic carbocycles. The highest BCUT2D eigenvalue weighted by molar-refractivity contribution is 6.32.